The van der Waals surface area contributed by atoms with Crippen molar-refractivity contribution < 1.29 is 9.65 Å². The van der Waals surface area contributed by atoms with E-state index in [2.05, 4.69) is 0 Å². The van der Waals surface area contributed by atoms with Gasteiger partial charge in [0, 0.05) is 6.42 Å². The summed E-state index contributed by atoms with van der Waals surface area (Å²) in [5.41, 5.74) is 0.938. The Labute approximate surface area is 81.7 Å². The van der Waals surface area contributed by atoms with Crippen LogP contribution >= 0.6 is 0 Å². The number of nitrogens with zero attached hydrogens (tertiary/aromatic N) is 2. The summed E-state index contributed by atoms with van der Waals surface area (Å²) >= 11 is 0. The van der Waals surface area contributed by atoms with Gasteiger partial charge in [0.05, 0.1) is 16.6 Å². The minimum Gasteiger partial charge on any atom is -0.618 e. The number of hydrogen-bond donors (Lipinski definition) is 0. The van der Waals surface area contributed by atoms with E-state index >= 15 is 0 Å². The van der Waals surface area contributed by atoms with E-state index in [1.807, 2.05) is 0 Å². The van der Waals surface area contributed by atoms with Crippen molar-refractivity contribution in [2.45, 2.75) is 26.7 Å². The minimum absolute atomic E-state index is 0.0384. The summed E-state index contributed by atoms with van der Waals surface area (Å²) in [4.78, 5) is 10.2. The highest BCUT2D eigenvalue weighted by Gasteiger charge is 2.18. The van der Waals surface area contributed by atoms with E-state index in [0.29, 0.717) is 28.8 Å². The van der Waals surface area contributed by atoms with Gasteiger partial charge in [-0.3, -0.25) is 10.1 Å². The van der Waals surface area contributed by atoms with Crippen molar-refractivity contribution in [2.75, 3.05) is 0 Å². The lowest BCUT2D eigenvalue weighted by Crippen LogP contribution is -2.32. The van der Waals surface area contributed by atoms with Gasteiger partial charge in [-0.15, -0.1) is 0 Å². The molecule has 0 amide bonds. The summed E-state index contributed by atoms with van der Waals surface area (Å²) in [6.45, 7) is 3.58. The highest BCUT2D eigenvalue weighted by molar-refractivity contribution is 5.37. The molecule has 0 atom stereocenters. The molecule has 1 aromatic rings. The topological polar surface area (TPSA) is 70.1 Å². The van der Waals surface area contributed by atoms with Gasteiger partial charge in [-0.05, 0) is 6.42 Å². The van der Waals surface area contributed by atoms with Crippen molar-refractivity contribution in [3.63, 3.8) is 0 Å². The van der Waals surface area contributed by atoms with Gasteiger partial charge in [0.2, 0.25) is 0 Å². The Kier molecular flexibility index (Phi) is 3.01. The Morgan fingerprint density at radius 2 is 2.07 bits per heavy atom. The van der Waals surface area contributed by atoms with Gasteiger partial charge in [0.15, 0.2) is 11.9 Å². The summed E-state index contributed by atoms with van der Waals surface area (Å²) in [5.74, 6) is 0. The van der Waals surface area contributed by atoms with E-state index in [1.54, 1.807) is 13.8 Å². The molecule has 1 heterocycles. The van der Waals surface area contributed by atoms with Gasteiger partial charge in [-0.25, -0.2) is 0 Å². The monoisotopic (exact) mass is 196 g/mol. The molecule has 0 aliphatic heterocycles. The number of rotatable bonds is 3. The van der Waals surface area contributed by atoms with Crippen molar-refractivity contribution >= 4 is 5.69 Å². The second kappa shape index (κ2) is 4.04. The molecule has 0 spiro atoms. The van der Waals surface area contributed by atoms with Crippen LogP contribution in [0, 0.1) is 15.3 Å². The maximum absolute atomic E-state index is 11.3. The SMILES string of the molecule is CCc1c[n+]([O-])c(CC)cc1[N+](=O)[O-]. The van der Waals surface area contributed by atoms with Gasteiger partial charge in [-0.1, -0.05) is 13.8 Å². The molecule has 1 rings (SSSR count). The van der Waals surface area contributed by atoms with Crippen molar-refractivity contribution in [1.82, 2.24) is 0 Å². The largest absolute Gasteiger partial charge is 0.618 e. The predicted molar refractivity (Wildman–Crippen MR) is 50.8 cm³/mol. The van der Waals surface area contributed by atoms with Crippen LogP contribution in [0.2, 0.25) is 0 Å². The van der Waals surface area contributed by atoms with Crippen molar-refractivity contribution in [3.8, 4) is 0 Å². The molecule has 0 bridgehead atoms. The van der Waals surface area contributed by atoms with Crippen LogP contribution in [0.3, 0.4) is 0 Å². The summed E-state index contributed by atoms with van der Waals surface area (Å²) in [6, 6.07) is 1.35. The van der Waals surface area contributed by atoms with Crippen LogP contribution in [0.15, 0.2) is 12.3 Å². The average molecular weight is 196 g/mol. The molecule has 0 saturated heterocycles. The molecule has 0 radical (unpaired) electrons. The van der Waals surface area contributed by atoms with Crippen LogP contribution < -0.4 is 4.73 Å². The van der Waals surface area contributed by atoms with Crippen LogP contribution in [0.1, 0.15) is 25.1 Å². The lowest BCUT2D eigenvalue weighted by molar-refractivity contribution is -0.615. The van der Waals surface area contributed by atoms with Gasteiger partial charge < -0.3 is 5.21 Å². The van der Waals surface area contributed by atoms with Crippen LogP contribution in [0.25, 0.3) is 0 Å². The third kappa shape index (κ3) is 1.81. The van der Waals surface area contributed by atoms with Crippen LogP contribution in [0.5, 0.6) is 0 Å². The van der Waals surface area contributed by atoms with E-state index in [4.69, 9.17) is 0 Å². The number of nitro groups is 1. The molecule has 0 aliphatic carbocycles. The molecule has 0 unspecified atom stereocenters. The maximum atomic E-state index is 11.3. The first kappa shape index (κ1) is 10.4. The van der Waals surface area contributed by atoms with E-state index in [0.717, 1.165) is 0 Å². The number of aryl methyl sites for hydroxylation is 2. The second-order valence-electron chi connectivity index (χ2n) is 2.97. The molecule has 0 fully saturated rings. The number of pyridine rings is 1. The van der Waals surface area contributed by atoms with E-state index < -0.39 is 4.92 Å². The van der Waals surface area contributed by atoms with Crippen LogP contribution in [0.4, 0.5) is 5.69 Å². The average Bonchev–Trinajstić information content (AvgIpc) is 2.16. The molecule has 0 N–H and O–H groups in total. The highest BCUT2D eigenvalue weighted by atomic mass is 16.6. The second-order valence-corrected chi connectivity index (χ2v) is 2.97. The molecule has 0 saturated carbocycles. The van der Waals surface area contributed by atoms with Gasteiger partial charge in [0.1, 0.15) is 0 Å². The molecular formula is C9H12N2O3. The van der Waals surface area contributed by atoms with E-state index in [9.17, 15) is 15.3 Å². The maximum Gasteiger partial charge on any atom is 0.284 e. The van der Waals surface area contributed by atoms with Gasteiger partial charge >= 0.3 is 0 Å². The first-order valence-electron chi connectivity index (χ1n) is 4.49. The number of hydrogen-bond acceptors (Lipinski definition) is 3. The Balaban J connectivity index is 3.32. The quantitative estimate of drug-likeness (QED) is 0.317. The molecule has 0 aromatic carbocycles. The zero-order valence-corrected chi connectivity index (χ0v) is 8.19. The van der Waals surface area contributed by atoms with E-state index in [1.165, 1.54) is 12.3 Å². The summed E-state index contributed by atoms with van der Waals surface area (Å²) in [5, 5.41) is 22.0. The molecule has 1 aromatic heterocycles. The summed E-state index contributed by atoms with van der Waals surface area (Å²) in [6.07, 6.45) is 2.27. The van der Waals surface area contributed by atoms with Crippen LogP contribution in [-0.4, -0.2) is 4.92 Å². The van der Waals surface area contributed by atoms with Crippen molar-refractivity contribution in [1.29, 1.82) is 0 Å². The Hall–Kier alpha value is -1.65. The first-order chi connectivity index (χ1) is 6.60. The molecule has 5 nitrogen and oxygen atoms in total. The highest BCUT2D eigenvalue weighted by Crippen LogP contribution is 2.18. The molecule has 76 valence electrons. The zero-order chi connectivity index (χ0) is 10.7. The lowest BCUT2D eigenvalue weighted by atomic mass is 10.1. The molecule has 0 aliphatic rings. The molecular weight excluding hydrogens is 184 g/mol. The van der Waals surface area contributed by atoms with Crippen molar-refractivity contribution in [2.24, 2.45) is 0 Å². The fourth-order valence-corrected chi connectivity index (χ4v) is 1.30. The Morgan fingerprint density at radius 1 is 1.43 bits per heavy atom. The van der Waals surface area contributed by atoms with Gasteiger partial charge in [-0.2, -0.15) is 4.73 Å². The lowest BCUT2D eigenvalue weighted by Gasteiger charge is -2.04. The fourth-order valence-electron chi connectivity index (χ4n) is 1.30. The Morgan fingerprint density at radius 3 is 2.50 bits per heavy atom. The van der Waals surface area contributed by atoms with Gasteiger partial charge in [0.25, 0.3) is 5.69 Å². The summed E-state index contributed by atoms with van der Waals surface area (Å²) in [7, 11) is 0. The Bertz CT molecular complexity index is 363. The third-order valence-corrected chi connectivity index (χ3v) is 2.13. The molecule has 14 heavy (non-hydrogen) atoms. The normalized spacial score (nSPS) is 10.1. The number of aromatic nitrogens is 1. The molecule has 5 heteroatoms. The standard InChI is InChI=1S/C9H12N2O3/c1-3-7-6-10(12)8(4-2)5-9(7)11(13)14/h5-6H,3-4H2,1-2H3. The minimum atomic E-state index is -0.446. The van der Waals surface area contributed by atoms with E-state index in [-0.39, 0.29) is 5.69 Å². The van der Waals surface area contributed by atoms with Crippen LogP contribution in [-0.2, 0) is 12.8 Å². The van der Waals surface area contributed by atoms with Crippen molar-refractivity contribution in [3.05, 3.63) is 38.8 Å². The zero-order valence-electron chi connectivity index (χ0n) is 8.19. The third-order valence-electron chi connectivity index (χ3n) is 2.13. The fraction of sp³-hybridized carbons (Fsp3) is 0.444. The first-order valence-corrected chi connectivity index (χ1v) is 4.49. The summed E-state index contributed by atoms with van der Waals surface area (Å²) < 4.78 is 0.700. The smallest absolute Gasteiger partial charge is 0.284 e. The predicted octanol–water partition coefficient (Wildman–Crippen LogP) is 1.35.